The molecule has 14 nitrogen and oxygen atoms in total. The van der Waals surface area contributed by atoms with E-state index in [1.807, 2.05) is 0 Å². The third kappa shape index (κ3) is 199. The van der Waals surface area contributed by atoms with Crippen LogP contribution in [0.3, 0.4) is 0 Å². The summed E-state index contributed by atoms with van der Waals surface area (Å²) < 4.78 is 0. The van der Waals surface area contributed by atoms with Crippen molar-refractivity contribution in [2.24, 2.45) is 0 Å². The molecule has 0 aliphatic carbocycles. The SMILES string of the molecule is O=[N+]([O-])[O-].O=[N+]([O-])[O-].O=[N+]([O-])[O-].[Dy+3].c1cnccn1. The molecule has 1 rings (SSSR count). The van der Waals surface area contributed by atoms with Crippen molar-refractivity contribution < 1.29 is 53.4 Å². The van der Waals surface area contributed by atoms with Gasteiger partial charge >= 0.3 is 38.2 Å². The fourth-order valence-corrected chi connectivity index (χ4v) is 0.253. The Hall–Kier alpha value is -2.05. The minimum atomic E-state index is -1.75. The first-order valence-electron chi connectivity index (χ1n) is 3.34. The van der Waals surface area contributed by atoms with E-state index in [9.17, 15) is 0 Å². The molecule has 0 bridgehead atoms. The van der Waals surface area contributed by atoms with Crippen molar-refractivity contribution in [2.45, 2.75) is 0 Å². The maximum Gasteiger partial charge on any atom is 3.00 e. The Morgan fingerprint density at radius 3 is 0.737 bits per heavy atom. The summed E-state index contributed by atoms with van der Waals surface area (Å²) in [5.74, 6) is 0. The van der Waals surface area contributed by atoms with Crippen molar-refractivity contribution in [1.82, 2.24) is 9.97 Å². The summed E-state index contributed by atoms with van der Waals surface area (Å²) in [4.78, 5) is 32.2. The van der Waals surface area contributed by atoms with Gasteiger partial charge in [-0.25, -0.2) is 0 Å². The Bertz CT molecular complexity index is 269. The van der Waals surface area contributed by atoms with Gasteiger partial charge in [0, 0.05) is 24.8 Å². The number of hydrogen-bond donors (Lipinski definition) is 0. The van der Waals surface area contributed by atoms with E-state index in [4.69, 9.17) is 46.0 Å². The first-order chi connectivity index (χ1) is 8.20. The van der Waals surface area contributed by atoms with Crippen LogP contribution in [-0.4, -0.2) is 25.2 Å². The largest absolute Gasteiger partial charge is 3.00 e. The maximum atomic E-state index is 8.25. The van der Waals surface area contributed by atoms with Gasteiger partial charge < -0.3 is 46.0 Å². The van der Waals surface area contributed by atoms with E-state index >= 15 is 0 Å². The molecule has 15 heteroatoms. The molecule has 0 aliphatic rings. The zero-order chi connectivity index (χ0) is 15.0. The maximum absolute atomic E-state index is 8.25. The summed E-state index contributed by atoms with van der Waals surface area (Å²) >= 11 is 0. The molecule has 0 saturated carbocycles. The number of aromatic nitrogens is 2. The van der Waals surface area contributed by atoms with Crippen molar-refractivity contribution in [2.75, 3.05) is 0 Å². The van der Waals surface area contributed by atoms with Gasteiger partial charge in [0.1, 0.15) is 0 Å². The smallest absolute Gasteiger partial charge is 0.356 e. The fraction of sp³-hybridized carbons (Fsp3) is 0. The molecule has 1 heterocycles. The van der Waals surface area contributed by atoms with Crippen LogP contribution in [-0.2, 0) is 0 Å². The molecule has 1 radical (unpaired) electrons. The van der Waals surface area contributed by atoms with Gasteiger partial charge in [-0.2, -0.15) is 0 Å². The molecular weight excluding hydrogens is 425 g/mol. The van der Waals surface area contributed by atoms with Crippen LogP contribution in [0.4, 0.5) is 0 Å². The fourth-order valence-electron chi connectivity index (χ4n) is 0.253. The van der Waals surface area contributed by atoms with Crippen LogP contribution >= 0.6 is 0 Å². The monoisotopic (exact) mass is 430 g/mol. The van der Waals surface area contributed by atoms with Crippen LogP contribution in [0.5, 0.6) is 0 Å². The van der Waals surface area contributed by atoms with Gasteiger partial charge in [-0.1, -0.05) is 0 Å². The molecular formula is C4H4DyN5O9. The van der Waals surface area contributed by atoms with Gasteiger partial charge in [0.15, 0.2) is 0 Å². The average molecular weight is 429 g/mol. The normalized spacial score (nSPS) is 6.32. The first-order valence-corrected chi connectivity index (χ1v) is 3.34. The third-order valence-electron chi connectivity index (χ3n) is 0.478. The Morgan fingerprint density at radius 1 is 0.579 bits per heavy atom. The van der Waals surface area contributed by atoms with Crippen LogP contribution in [0.25, 0.3) is 0 Å². The standard InChI is InChI=1S/C4H4N2.Dy.3NO3/c1-2-6-4-3-5-1;;3*2-1(3)4/h1-4H;;;;/q;+3;3*-1. The third-order valence-corrected chi connectivity index (χ3v) is 0.478. The molecule has 19 heavy (non-hydrogen) atoms. The van der Waals surface area contributed by atoms with Gasteiger partial charge in [0.25, 0.3) is 0 Å². The van der Waals surface area contributed by atoms with Crippen molar-refractivity contribution in [3.05, 3.63) is 70.8 Å². The molecule has 0 amide bonds. The summed E-state index contributed by atoms with van der Waals surface area (Å²) in [5, 5.41) is 44.2. The second kappa shape index (κ2) is 21.3. The van der Waals surface area contributed by atoms with Gasteiger partial charge in [-0.05, 0) is 0 Å². The second-order valence-electron chi connectivity index (χ2n) is 1.57. The topological polar surface area (TPSA) is 224 Å². The molecule has 0 N–H and O–H groups in total. The van der Waals surface area contributed by atoms with Gasteiger partial charge in [-0.15, -0.1) is 0 Å². The van der Waals surface area contributed by atoms with Crippen LogP contribution in [0.1, 0.15) is 0 Å². The zero-order valence-corrected chi connectivity index (χ0v) is 10.6. The van der Waals surface area contributed by atoms with Gasteiger partial charge in [0.2, 0.25) is 0 Å². The Kier molecular flexibility index (Phi) is 28.8. The Labute approximate surface area is 134 Å². The van der Waals surface area contributed by atoms with E-state index in [-0.39, 0.29) is 38.2 Å². The molecule has 0 saturated heterocycles. The zero-order valence-electron chi connectivity index (χ0n) is 8.54. The van der Waals surface area contributed by atoms with Crippen molar-refractivity contribution in [3.8, 4) is 0 Å². The number of rotatable bonds is 0. The van der Waals surface area contributed by atoms with Crippen LogP contribution < -0.4 is 0 Å². The van der Waals surface area contributed by atoms with E-state index < -0.39 is 15.3 Å². The molecule has 1 aromatic heterocycles. The van der Waals surface area contributed by atoms with Crippen LogP contribution in [0.15, 0.2) is 24.8 Å². The van der Waals surface area contributed by atoms with Crippen molar-refractivity contribution in [3.63, 3.8) is 0 Å². The molecule has 109 valence electrons. The second-order valence-corrected chi connectivity index (χ2v) is 1.57. The predicted octanol–water partition coefficient (Wildman–Crippen LogP) is -0.241. The molecule has 1 aromatic rings. The summed E-state index contributed by atoms with van der Waals surface area (Å²) in [5.41, 5.74) is 0. The minimum Gasteiger partial charge on any atom is -0.356 e. The predicted molar refractivity (Wildman–Crippen MR) is 53.1 cm³/mol. The van der Waals surface area contributed by atoms with Crippen LogP contribution in [0, 0.1) is 84.1 Å². The van der Waals surface area contributed by atoms with Gasteiger partial charge in [0.05, 0.1) is 15.3 Å². The molecule has 0 fully saturated rings. The van der Waals surface area contributed by atoms with Crippen LogP contribution in [0.2, 0.25) is 0 Å². The molecule has 0 aromatic carbocycles. The van der Waals surface area contributed by atoms with E-state index in [1.165, 1.54) is 0 Å². The van der Waals surface area contributed by atoms with E-state index in [0.29, 0.717) is 0 Å². The summed E-state index contributed by atoms with van der Waals surface area (Å²) in [7, 11) is 0. The average Bonchev–Trinajstić information content (AvgIpc) is 2.17. The molecule has 0 unspecified atom stereocenters. The van der Waals surface area contributed by atoms with E-state index in [2.05, 4.69) is 9.97 Å². The van der Waals surface area contributed by atoms with Crippen molar-refractivity contribution >= 4 is 0 Å². The first kappa shape index (κ1) is 25.7. The van der Waals surface area contributed by atoms with Crippen molar-refractivity contribution in [1.29, 1.82) is 0 Å². The number of hydrogen-bond acceptors (Lipinski definition) is 11. The van der Waals surface area contributed by atoms with Gasteiger partial charge in [-0.3, -0.25) is 9.97 Å². The summed E-state index contributed by atoms with van der Waals surface area (Å²) in [6.07, 6.45) is 6.56. The summed E-state index contributed by atoms with van der Waals surface area (Å²) in [6, 6.07) is 0. The molecule has 0 aliphatic heterocycles. The van der Waals surface area contributed by atoms with E-state index in [1.54, 1.807) is 24.8 Å². The van der Waals surface area contributed by atoms with E-state index in [0.717, 1.165) is 0 Å². The molecule has 0 spiro atoms. The Morgan fingerprint density at radius 2 is 0.684 bits per heavy atom. The summed E-state index contributed by atoms with van der Waals surface area (Å²) in [6.45, 7) is 0. The molecule has 0 atom stereocenters. The Balaban J connectivity index is -0.0000000796. The quantitative estimate of drug-likeness (QED) is 0.386. The number of nitrogens with zero attached hydrogens (tertiary/aromatic N) is 5. The minimum absolute atomic E-state index is 0.